The molecule has 0 spiro atoms. The zero-order valence-electron chi connectivity index (χ0n) is 21.4. The highest BCUT2D eigenvalue weighted by Crippen LogP contribution is 2.41. The van der Waals surface area contributed by atoms with Crippen molar-refractivity contribution in [3.05, 3.63) is 81.9 Å². The van der Waals surface area contributed by atoms with Crippen molar-refractivity contribution in [2.75, 3.05) is 14.1 Å². The van der Waals surface area contributed by atoms with Crippen LogP contribution < -0.4 is 18.4 Å². The zero-order valence-corrected chi connectivity index (χ0v) is 21.4. The summed E-state index contributed by atoms with van der Waals surface area (Å²) in [5, 5.41) is 0. The molecule has 0 aliphatic heterocycles. The second-order valence-corrected chi connectivity index (χ2v) is 9.79. The van der Waals surface area contributed by atoms with Gasteiger partial charge in [0.05, 0.1) is 19.6 Å². The predicted molar refractivity (Wildman–Crippen MR) is 120 cm³/mol. The van der Waals surface area contributed by atoms with Crippen molar-refractivity contribution in [1.82, 2.24) is 4.48 Å². The molecule has 0 bridgehead atoms. The maximum Gasteiger partial charge on any atom is 0.864 e. The van der Waals surface area contributed by atoms with Crippen molar-refractivity contribution in [2.24, 2.45) is 0 Å². The van der Waals surface area contributed by atoms with Crippen LogP contribution in [0.25, 0.3) is 0 Å². The Labute approximate surface area is 224 Å². The van der Waals surface area contributed by atoms with Gasteiger partial charge in [-0.25, -0.2) is 30.7 Å². The maximum absolute atomic E-state index is 15.6. The van der Waals surface area contributed by atoms with E-state index in [4.69, 9.17) is 0 Å². The first-order valence-corrected chi connectivity index (χ1v) is 11.1. The van der Waals surface area contributed by atoms with E-state index in [1.54, 1.807) is 0 Å². The number of benzene rings is 3. The van der Waals surface area contributed by atoms with Gasteiger partial charge in [0, 0.05) is 12.1 Å². The van der Waals surface area contributed by atoms with Gasteiger partial charge >= 0.3 is 7.32 Å². The van der Waals surface area contributed by atoms with E-state index in [-0.39, 0.29) is 12.1 Å². The number of hydrogen-bond donors (Lipinski definition) is 0. The third kappa shape index (κ3) is 5.58. The Morgan fingerprint density at radius 2 is 0.854 bits per heavy atom. The summed E-state index contributed by atoms with van der Waals surface area (Å²) in [4.78, 5) is 0. The van der Waals surface area contributed by atoms with Crippen molar-refractivity contribution < 1.29 is 66.6 Å². The lowest BCUT2D eigenvalue weighted by atomic mass is 10.0. The summed E-state index contributed by atoms with van der Waals surface area (Å²) in [6.45, 7) is 4.31. The van der Waals surface area contributed by atoms with E-state index in [9.17, 15) is 48.3 Å². The fourth-order valence-corrected chi connectivity index (χ4v) is 3.21. The molecule has 0 aliphatic carbocycles. The number of quaternary nitrogens is 1. The van der Waals surface area contributed by atoms with Gasteiger partial charge in [0.15, 0.2) is 52.2 Å². The van der Waals surface area contributed by atoms with Crippen molar-refractivity contribution in [2.45, 2.75) is 26.3 Å². The summed E-state index contributed by atoms with van der Waals surface area (Å²) in [5.41, 5.74) is -2.33. The van der Waals surface area contributed by atoms with Crippen molar-refractivity contribution in [1.29, 1.82) is 0 Å². The first-order valence-electron chi connectivity index (χ1n) is 11.1. The van der Waals surface area contributed by atoms with Crippen LogP contribution in [0, 0.1) is 69.8 Å². The van der Waals surface area contributed by atoms with E-state index in [1.807, 2.05) is 0 Å². The molecule has 3 aromatic carbocycles. The molecule has 0 saturated heterocycles. The van der Waals surface area contributed by atoms with Gasteiger partial charge in [0.1, 0.15) is 0 Å². The minimum atomic E-state index is -3.29. The van der Waals surface area contributed by atoms with Gasteiger partial charge in [0.2, 0.25) is 40.6 Å². The van der Waals surface area contributed by atoms with E-state index in [0.29, 0.717) is 0 Å². The Morgan fingerprint density at radius 1 is 0.488 bits per heavy atom. The van der Waals surface area contributed by atoms with E-state index < -0.39 is 110 Å². The molecule has 0 saturated carbocycles. The Kier molecular flexibility index (Phi) is 8.45. The van der Waals surface area contributed by atoms with E-state index in [0.717, 1.165) is 14.1 Å². The number of halogens is 12. The van der Waals surface area contributed by atoms with Gasteiger partial charge in [-0.05, 0) is 20.8 Å². The van der Waals surface area contributed by atoms with Crippen LogP contribution in [0.2, 0.25) is 0 Å². The van der Waals surface area contributed by atoms with Crippen molar-refractivity contribution in [3.8, 4) is 17.2 Å². The zero-order chi connectivity index (χ0) is 31.4. The fraction of sp³-hybridized carbons (Fsp3) is 0.250. The van der Waals surface area contributed by atoms with Gasteiger partial charge in [-0.1, -0.05) is 0 Å². The van der Waals surface area contributed by atoms with Crippen LogP contribution >= 0.6 is 0 Å². The Balaban J connectivity index is 2.26. The molecule has 0 fully saturated rings. The van der Waals surface area contributed by atoms with Gasteiger partial charge in [0.25, 0.3) is 0 Å². The molecule has 4 nitrogen and oxygen atoms in total. The highest BCUT2D eigenvalue weighted by molar-refractivity contribution is 6.39. The van der Waals surface area contributed by atoms with Crippen LogP contribution in [0.1, 0.15) is 20.8 Å². The minimum absolute atomic E-state index is 0.288. The topological polar surface area (TPSA) is 27.7 Å². The fourth-order valence-electron chi connectivity index (χ4n) is 3.21. The summed E-state index contributed by atoms with van der Waals surface area (Å²) in [6, 6.07) is -0.576. The molecule has 0 radical (unpaired) electrons. The second-order valence-electron chi connectivity index (χ2n) is 9.79. The largest absolute Gasteiger partial charge is 0.864 e. The molecule has 222 valence electrons. The Bertz CT molecular complexity index is 1460. The molecule has 0 aromatic heterocycles. The molecule has 3 rings (SSSR count). The average molecular weight is 606 g/mol. The first-order chi connectivity index (χ1) is 18.7. The third-order valence-corrected chi connectivity index (χ3v) is 6.22. The molecule has 0 heterocycles. The lowest BCUT2D eigenvalue weighted by Crippen LogP contribution is -2.56. The highest BCUT2D eigenvalue weighted by Gasteiger charge is 2.46. The standard InChI is InChI=1S/C24H17BF12NO3/c1-24(2,3)38(4,5)20-15(33)14(32)18(36)23(19(20)37)41-25(39-21-10(28)6-8(26)12(30)16(21)34)40-22-11(29)7-9(27)13(31)17(22)35/h6-7H,1-5H3/q+1. The quantitative estimate of drug-likeness (QED) is 0.0934. The Hall–Kier alpha value is -3.76. The van der Waals surface area contributed by atoms with Gasteiger partial charge in [-0.15, -0.1) is 0 Å². The number of nitrogens with zero attached hydrogens (tertiary/aromatic N) is 1. The molecular formula is C24H17BF12NO3+. The van der Waals surface area contributed by atoms with E-state index in [1.165, 1.54) is 20.8 Å². The summed E-state index contributed by atoms with van der Waals surface area (Å²) >= 11 is 0. The van der Waals surface area contributed by atoms with E-state index in [2.05, 4.69) is 14.0 Å². The smallest absolute Gasteiger partial charge is 0.484 e. The lowest BCUT2D eigenvalue weighted by Gasteiger charge is -2.42. The van der Waals surface area contributed by atoms with Crippen LogP contribution in [0.5, 0.6) is 17.2 Å². The highest BCUT2D eigenvalue weighted by atomic mass is 19.2. The van der Waals surface area contributed by atoms with Crippen molar-refractivity contribution in [3.63, 3.8) is 0 Å². The molecule has 0 unspecified atom stereocenters. The maximum atomic E-state index is 15.6. The molecular weight excluding hydrogens is 589 g/mol. The van der Waals surface area contributed by atoms with Crippen LogP contribution in [0.15, 0.2) is 12.1 Å². The minimum Gasteiger partial charge on any atom is -0.484 e. The van der Waals surface area contributed by atoms with Gasteiger partial charge in [-0.3, -0.25) is 4.48 Å². The predicted octanol–water partition coefficient (Wildman–Crippen LogP) is 7.24. The summed E-state index contributed by atoms with van der Waals surface area (Å²) in [5.74, 6) is -32.7. The summed E-state index contributed by atoms with van der Waals surface area (Å²) in [7, 11) is -0.971. The SMILES string of the molecule is CC(C)(C)[N+](C)(C)c1c(F)c(F)c(F)c(OB(Oc2c(F)cc(F)c(F)c2F)Oc2c(F)cc(F)c(F)c2F)c1F. The monoisotopic (exact) mass is 606 g/mol. The molecule has 0 aliphatic rings. The van der Waals surface area contributed by atoms with Crippen LogP contribution in [0.3, 0.4) is 0 Å². The van der Waals surface area contributed by atoms with Crippen LogP contribution in [-0.4, -0.2) is 27.0 Å². The first kappa shape index (κ1) is 31.8. The van der Waals surface area contributed by atoms with Crippen LogP contribution in [-0.2, 0) is 0 Å². The molecule has 0 atom stereocenters. The molecule has 41 heavy (non-hydrogen) atoms. The lowest BCUT2D eigenvalue weighted by molar-refractivity contribution is 0.199. The van der Waals surface area contributed by atoms with E-state index >= 15 is 4.39 Å². The average Bonchev–Trinajstić information content (AvgIpc) is 2.86. The van der Waals surface area contributed by atoms with Gasteiger partial charge < -0.3 is 14.0 Å². The third-order valence-electron chi connectivity index (χ3n) is 6.22. The molecule has 0 amide bonds. The molecule has 0 N–H and O–H groups in total. The number of hydrogen-bond acceptors (Lipinski definition) is 3. The Morgan fingerprint density at radius 3 is 1.24 bits per heavy atom. The van der Waals surface area contributed by atoms with Crippen molar-refractivity contribution >= 4 is 13.0 Å². The summed E-state index contributed by atoms with van der Waals surface area (Å²) < 4.78 is 184. The van der Waals surface area contributed by atoms with Gasteiger partial charge in [-0.2, -0.15) is 22.0 Å². The van der Waals surface area contributed by atoms with Crippen LogP contribution in [0.4, 0.5) is 58.4 Å². The normalized spacial score (nSPS) is 12.0. The number of rotatable bonds is 7. The molecule has 17 heteroatoms. The summed E-state index contributed by atoms with van der Waals surface area (Å²) in [6.07, 6.45) is 0. The molecule has 3 aromatic rings. The second kappa shape index (κ2) is 10.9.